The van der Waals surface area contributed by atoms with E-state index in [-0.39, 0.29) is 0 Å². The van der Waals surface area contributed by atoms with Gasteiger partial charge in [0, 0.05) is 12.8 Å². The lowest BCUT2D eigenvalue weighted by Crippen LogP contribution is -1.90. The van der Waals surface area contributed by atoms with Gasteiger partial charge in [0.25, 0.3) is 0 Å². The highest BCUT2D eigenvalue weighted by Gasteiger charge is 1.99. The molecule has 2 rings (SSSR count). The highest BCUT2D eigenvalue weighted by molar-refractivity contribution is 5.43. The van der Waals surface area contributed by atoms with E-state index in [1.54, 1.807) is 7.11 Å². The fourth-order valence-electron chi connectivity index (χ4n) is 1.54. The lowest BCUT2D eigenvalue weighted by atomic mass is 10.2. The van der Waals surface area contributed by atoms with E-state index >= 15 is 0 Å². The van der Waals surface area contributed by atoms with Gasteiger partial charge in [-0.2, -0.15) is 0 Å². The van der Waals surface area contributed by atoms with Crippen molar-refractivity contribution in [3.8, 4) is 11.5 Å². The van der Waals surface area contributed by atoms with Crippen LogP contribution in [0.4, 0.5) is 5.69 Å². The summed E-state index contributed by atoms with van der Waals surface area (Å²) < 4.78 is 10.8. The highest BCUT2D eigenvalue weighted by Crippen LogP contribution is 2.23. The molecule has 88 valence electrons. The van der Waals surface area contributed by atoms with Gasteiger partial charge in [-0.05, 0) is 42.0 Å². The zero-order chi connectivity index (χ0) is 12.1. The molecule has 0 unspecified atom stereocenters. The maximum absolute atomic E-state index is 5.71. The molecule has 2 aromatic rings. The van der Waals surface area contributed by atoms with Crippen molar-refractivity contribution in [1.82, 2.24) is 0 Å². The molecule has 3 nitrogen and oxygen atoms in total. The van der Waals surface area contributed by atoms with Crippen LogP contribution in [0.3, 0.4) is 0 Å². The molecule has 0 aliphatic rings. The van der Waals surface area contributed by atoms with E-state index < -0.39 is 0 Å². The van der Waals surface area contributed by atoms with Crippen LogP contribution in [0.25, 0.3) is 0 Å². The van der Waals surface area contributed by atoms with Gasteiger partial charge in [0.2, 0.25) is 0 Å². The summed E-state index contributed by atoms with van der Waals surface area (Å²) in [7, 11) is 1.67. The van der Waals surface area contributed by atoms with Gasteiger partial charge in [-0.15, -0.1) is 0 Å². The molecule has 2 N–H and O–H groups in total. The van der Waals surface area contributed by atoms with Gasteiger partial charge in [0.15, 0.2) is 0 Å². The molecule has 0 atom stereocenters. The molecule has 0 fully saturated rings. The van der Waals surface area contributed by atoms with Gasteiger partial charge in [-0.3, -0.25) is 0 Å². The summed E-state index contributed by atoms with van der Waals surface area (Å²) in [4.78, 5) is 0. The summed E-state index contributed by atoms with van der Waals surface area (Å²) in [6, 6.07) is 15.1. The lowest BCUT2D eigenvalue weighted by molar-refractivity contribution is 0.184. The lowest BCUT2D eigenvalue weighted by Gasteiger charge is -2.07. The first-order valence-corrected chi connectivity index (χ1v) is 5.39. The Kier molecular flexibility index (Phi) is 3.62. The van der Waals surface area contributed by atoms with Crippen molar-refractivity contribution < 1.29 is 9.47 Å². The number of benzene rings is 2. The largest absolute Gasteiger partial charge is 0.457 e. The van der Waals surface area contributed by atoms with E-state index in [0.717, 1.165) is 22.7 Å². The Bertz CT molecular complexity index is 480. The molecule has 3 heteroatoms. The zero-order valence-electron chi connectivity index (χ0n) is 9.72. The molecule has 0 aliphatic carbocycles. The molecular formula is C14H15NO2. The van der Waals surface area contributed by atoms with Crippen LogP contribution in [0, 0.1) is 0 Å². The van der Waals surface area contributed by atoms with E-state index in [0.29, 0.717) is 6.61 Å². The molecular weight excluding hydrogens is 214 g/mol. The monoisotopic (exact) mass is 229 g/mol. The molecule has 0 radical (unpaired) electrons. The Labute approximate surface area is 101 Å². The maximum Gasteiger partial charge on any atom is 0.127 e. The Balaban J connectivity index is 2.12. The topological polar surface area (TPSA) is 44.5 Å². The van der Waals surface area contributed by atoms with Crippen LogP contribution in [-0.2, 0) is 11.3 Å². The van der Waals surface area contributed by atoms with E-state index in [1.807, 2.05) is 48.5 Å². The number of anilines is 1. The van der Waals surface area contributed by atoms with Crippen LogP contribution in [0.5, 0.6) is 11.5 Å². The van der Waals surface area contributed by atoms with E-state index in [2.05, 4.69) is 0 Å². The fourth-order valence-corrected chi connectivity index (χ4v) is 1.54. The summed E-state index contributed by atoms with van der Waals surface area (Å²) >= 11 is 0. The van der Waals surface area contributed by atoms with Crippen molar-refractivity contribution in [3.05, 3.63) is 54.1 Å². The Hall–Kier alpha value is -2.00. The number of hydrogen-bond acceptors (Lipinski definition) is 3. The number of methoxy groups -OCH3 is 1. The average molecular weight is 229 g/mol. The first kappa shape index (κ1) is 11.5. The van der Waals surface area contributed by atoms with Gasteiger partial charge in [-0.1, -0.05) is 12.1 Å². The van der Waals surface area contributed by atoms with Crippen LogP contribution < -0.4 is 10.5 Å². The van der Waals surface area contributed by atoms with Gasteiger partial charge in [-0.25, -0.2) is 0 Å². The molecule has 0 bridgehead atoms. The third-order valence-corrected chi connectivity index (χ3v) is 2.33. The van der Waals surface area contributed by atoms with Gasteiger partial charge < -0.3 is 15.2 Å². The second-order valence-corrected chi connectivity index (χ2v) is 3.75. The summed E-state index contributed by atoms with van der Waals surface area (Å²) in [5.41, 5.74) is 7.42. The summed E-state index contributed by atoms with van der Waals surface area (Å²) in [5, 5.41) is 0. The van der Waals surface area contributed by atoms with Crippen molar-refractivity contribution in [3.63, 3.8) is 0 Å². The molecule has 0 aromatic heterocycles. The Morgan fingerprint density at radius 2 is 1.76 bits per heavy atom. The maximum atomic E-state index is 5.71. The normalized spacial score (nSPS) is 10.2. The van der Waals surface area contributed by atoms with Crippen LogP contribution in [0.15, 0.2) is 48.5 Å². The van der Waals surface area contributed by atoms with Crippen molar-refractivity contribution in [2.45, 2.75) is 6.61 Å². The quantitative estimate of drug-likeness (QED) is 0.819. The molecule has 0 saturated heterocycles. The van der Waals surface area contributed by atoms with Crippen LogP contribution in [0.1, 0.15) is 5.56 Å². The number of ether oxygens (including phenoxy) is 2. The molecule has 0 amide bonds. The first-order chi connectivity index (χ1) is 8.28. The summed E-state index contributed by atoms with van der Waals surface area (Å²) in [6.07, 6.45) is 0. The van der Waals surface area contributed by atoms with Crippen molar-refractivity contribution in [1.29, 1.82) is 0 Å². The van der Waals surface area contributed by atoms with Crippen LogP contribution >= 0.6 is 0 Å². The van der Waals surface area contributed by atoms with Gasteiger partial charge in [0.05, 0.1) is 6.61 Å². The predicted octanol–water partition coefficient (Wildman–Crippen LogP) is 3.21. The molecule has 17 heavy (non-hydrogen) atoms. The third kappa shape index (κ3) is 3.23. The summed E-state index contributed by atoms with van der Waals surface area (Å²) in [6.45, 7) is 0.582. The van der Waals surface area contributed by atoms with Gasteiger partial charge in [0.1, 0.15) is 11.5 Å². The molecule has 2 aromatic carbocycles. The highest BCUT2D eigenvalue weighted by atomic mass is 16.5. The number of nitrogens with two attached hydrogens (primary N) is 1. The summed E-state index contributed by atoms with van der Waals surface area (Å²) in [5.74, 6) is 1.57. The molecule has 0 spiro atoms. The Morgan fingerprint density at radius 1 is 1.00 bits per heavy atom. The van der Waals surface area contributed by atoms with Crippen molar-refractivity contribution in [2.75, 3.05) is 12.8 Å². The standard InChI is InChI=1S/C14H15NO2/c1-16-10-11-3-2-4-14(9-11)17-13-7-5-12(15)6-8-13/h2-9H,10,15H2,1H3. The molecule has 0 saturated carbocycles. The smallest absolute Gasteiger partial charge is 0.127 e. The zero-order valence-corrected chi connectivity index (χ0v) is 9.72. The van der Waals surface area contributed by atoms with E-state index in [1.165, 1.54) is 0 Å². The molecule has 0 heterocycles. The number of rotatable bonds is 4. The second kappa shape index (κ2) is 5.37. The van der Waals surface area contributed by atoms with E-state index in [4.69, 9.17) is 15.2 Å². The van der Waals surface area contributed by atoms with E-state index in [9.17, 15) is 0 Å². The van der Waals surface area contributed by atoms with Crippen LogP contribution in [-0.4, -0.2) is 7.11 Å². The first-order valence-electron chi connectivity index (χ1n) is 5.39. The number of hydrogen-bond donors (Lipinski definition) is 1. The SMILES string of the molecule is COCc1cccc(Oc2ccc(N)cc2)c1. The van der Waals surface area contributed by atoms with Crippen LogP contribution in [0.2, 0.25) is 0 Å². The average Bonchev–Trinajstić information content (AvgIpc) is 2.33. The number of nitrogen functional groups attached to an aromatic ring is 1. The minimum Gasteiger partial charge on any atom is -0.457 e. The third-order valence-electron chi connectivity index (χ3n) is 2.33. The molecule has 0 aliphatic heterocycles. The second-order valence-electron chi connectivity index (χ2n) is 3.75. The minimum atomic E-state index is 0.582. The van der Waals surface area contributed by atoms with Crippen molar-refractivity contribution >= 4 is 5.69 Å². The fraction of sp³-hybridized carbons (Fsp3) is 0.143. The predicted molar refractivity (Wildman–Crippen MR) is 68.1 cm³/mol. The Morgan fingerprint density at radius 3 is 2.47 bits per heavy atom. The van der Waals surface area contributed by atoms with Crippen molar-refractivity contribution in [2.24, 2.45) is 0 Å². The minimum absolute atomic E-state index is 0.582. The van der Waals surface area contributed by atoms with Gasteiger partial charge >= 0.3 is 0 Å².